The molecule has 2 atom stereocenters. The minimum atomic E-state index is -0.903. The second-order valence-electron chi connectivity index (χ2n) is 8.32. The van der Waals surface area contributed by atoms with Gasteiger partial charge >= 0.3 is 5.97 Å². The van der Waals surface area contributed by atoms with Gasteiger partial charge in [-0.15, -0.1) is 0 Å². The van der Waals surface area contributed by atoms with Crippen molar-refractivity contribution in [3.63, 3.8) is 0 Å². The zero-order chi connectivity index (χ0) is 22.5. The first-order valence-corrected chi connectivity index (χ1v) is 11.1. The quantitative estimate of drug-likeness (QED) is 0.476. The van der Waals surface area contributed by atoms with Crippen LogP contribution in [0, 0.1) is 0 Å². The van der Waals surface area contributed by atoms with Crippen molar-refractivity contribution in [2.45, 2.75) is 31.8 Å². The van der Waals surface area contributed by atoms with Crippen molar-refractivity contribution >= 4 is 22.4 Å². The number of hydrogen-bond acceptors (Lipinski definition) is 5. The zero-order valence-corrected chi connectivity index (χ0v) is 18.3. The molecule has 3 aromatic rings. The van der Waals surface area contributed by atoms with Gasteiger partial charge in [-0.25, -0.2) is 0 Å². The van der Waals surface area contributed by atoms with Gasteiger partial charge in [-0.05, 0) is 35.7 Å². The Labute approximate surface area is 188 Å². The maximum Gasteiger partial charge on any atom is 0.307 e. The van der Waals surface area contributed by atoms with Gasteiger partial charge < -0.3 is 25.2 Å². The summed E-state index contributed by atoms with van der Waals surface area (Å²) < 4.78 is 5.62. The Morgan fingerprint density at radius 1 is 1.19 bits per heavy atom. The van der Waals surface area contributed by atoms with Crippen molar-refractivity contribution in [1.29, 1.82) is 0 Å². The topological polar surface area (TPSA) is 82.0 Å². The summed E-state index contributed by atoms with van der Waals surface area (Å²) in [6.07, 6.45) is 0.923. The van der Waals surface area contributed by atoms with Crippen molar-refractivity contribution in [3.05, 3.63) is 71.8 Å². The third-order valence-corrected chi connectivity index (χ3v) is 6.07. The number of ether oxygens (including phenoxy) is 1. The van der Waals surface area contributed by atoms with Crippen LogP contribution in [0.2, 0.25) is 0 Å². The molecule has 0 radical (unpaired) electrons. The number of nitrogens with zero attached hydrogens (tertiary/aromatic N) is 1. The molecule has 0 aromatic heterocycles. The van der Waals surface area contributed by atoms with E-state index in [1.54, 1.807) is 0 Å². The molecule has 3 aromatic carbocycles. The number of carboxylic acids is 1. The predicted molar refractivity (Wildman–Crippen MR) is 126 cm³/mol. The first kappa shape index (κ1) is 22.1. The van der Waals surface area contributed by atoms with Crippen molar-refractivity contribution in [2.24, 2.45) is 0 Å². The Kier molecular flexibility index (Phi) is 6.93. The fraction of sp³-hybridized carbons (Fsp3) is 0.346. The first-order chi connectivity index (χ1) is 15.5. The molecule has 1 aliphatic rings. The van der Waals surface area contributed by atoms with Crippen LogP contribution in [-0.4, -0.2) is 48.5 Å². The number of carboxylic acid groups (broad SMARTS) is 1. The SMILES string of the molecule is C[C@@H](N[C@H]1CCN(c2ccc(CC(=O)O)c(OCCO)c2)C1)c1cccc2ccccc12. The lowest BCUT2D eigenvalue weighted by Crippen LogP contribution is -2.34. The summed E-state index contributed by atoms with van der Waals surface area (Å²) in [4.78, 5) is 13.5. The van der Waals surface area contributed by atoms with Gasteiger partial charge in [0.2, 0.25) is 0 Å². The number of anilines is 1. The van der Waals surface area contributed by atoms with E-state index in [1.165, 1.54) is 16.3 Å². The third-order valence-electron chi connectivity index (χ3n) is 6.07. The van der Waals surface area contributed by atoms with Crippen molar-refractivity contribution in [1.82, 2.24) is 5.32 Å². The van der Waals surface area contributed by atoms with E-state index in [0.717, 1.165) is 25.2 Å². The highest BCUT2D eigenvalue weighted by atomic mass is 16.5. The molecule has 0 unspecified atom stereocenters. The summed E-state index contributed by atoms with van der Waals surface area (Å²) in [5, 5.41) is 24.6. The summed E-state index contributed by atoms with van der Waals surface area (Å²) in [5.74, 6) is -0.376. The van der Waals surface area contributed by atoms with Gasteiger partial charge in [0, 0.05) is 42.5 Å². The summed E-state index contributed by atoms with van der Waals surface area (Å²) in [6.45, 7) is 4.03. The molecule has 168 valence electrons. The van der Waals surface area contributed by atoms with E-state index in [4.69, 9.17) is 14.9 Å². The Bertz CT molecular complexity index is 1080. The maximum atomic E-state index is 11.2. The van der Waals surface area contributed by atoms with Crippen LogP contribution in [0.1, 0.15) is 30.5 Å². The van der Waals surface area contributed by atoms with Gasteiger partial charge in [-0.2, -0.15) is 0 Å². The molecule has 1 heterocycles. The van der Waals surface area contributed by atoms with Crippen LogP contribution in [0.5, 0.6) is 5.75 Å². The number of rotatable bonds is 9. The monoisotopic (exact) mass is 434 g/mol. The van der Waals surface area contributed by atoms with Gasteiger partial charge in [0.05, 0.1) is 13.0 Å². The molecule has 1 saturated heterocycles. The molecular formula is C26H30N2O4. The minimum absolute atomic E-state index is 0.103. The van der Waals surface area contributed by atoms with Crippen LogP contribution < -0.4 is 15.0 Å². The van der Waals surface area contributed by atoms with Crippen LogP contribution in [0.15, 0.2) is 60.7 Å². The van der Waals surface area contributed by atoms with Gasteiger partial charge in [-0.3, -0.25) is 4.79 Å². The second kappa shape index (κ2) is 10.0. The van der Waals surface area contributed by atoms with Crippen LogP contribution >= 0.6 is 0 Å². The number of hydrogen-bond donors (Lipinski definition) is 3. The Balaban J connectivity index is 1.45. The molecule has 4 rings (SSSR count). The summed E-state index contributed by atoms with van der Waals surface area (Å²) in [5.41, 5.74) is 2.93. The van der Waals surface area contributed by atoms with E-state index in [0.29, 0.717) is 17.4 Å². The van der Waals surface area contributed by atoms with Crippen LogP contribution in [0.3, 0.4) is 0 Å². The van der Waals surface area contributed by atoms with E-state index < -0.39 is 5.97 Å². The average Bonchev–Trinajstić information content (AvgIpc) is 3.26. The normalized spacial score (nSPS) is 16.9. The second-order valence-corrected chi connectivity index (χ2v) is 8.32. The minimum Gasteiger partial charge on any atom is -0.491 e. The standard InChI is InChI=1S/C26H30N2O4/c1-18(23-8-4-6-19-5-2-3-7-24(19)23)27-21-11-12-28(17-21)22-10-9-20(15-26(30)31)25(16-22)32-14-13-29/h2-10,16,18,21,27,29H,11-15,17H2,1H3,(H,30,31)/t18-,21+/m1/s1. The van der Waals surface area contributed by atoms with E-state index >= 15 is 0 Å². The predicted octanol–water partition coefficient (Wildman–Crippen LogP) is 3.77. The average molecular weight is 435 g/mol. The largest absolute Gasteiger partial charge is 0.491 e. The van der Waals surface area contributed by atoms with Gasteiger partial charge in [0.15, 0.2) is 0 Å². The van der Waals surface area contributed by atoms with Crippen molar-refractivity contribution in [3.8, 4) is 5.75 Å². The van der Waals surface area contributed by atoms with Crippen molar-refractivity contribution < 1.29 is 19.7 Å². The highest BCUT2D eigenvalue weighted by molar-refractivity contribution is 5.86. The van der Waals surface area contributed by atoms with Gasteiger partial charge in [0.25, 0.3) is 0 Å². The Hall–Kier alpha value is -3.09. The number of fused-ring (bicyclic) bond motifs is 1. The summed E-state index contributed by atoms with van der Waals surface area (Å²) in [6, 6.07) is 21.2. The van der Waals surface area contributed by atoms with Gasteiger partial charge in [-0.1, -0.05) is 48.5 Å². The van der Waals surface area contributed by atoms with Gasteiger partial charge in [0.1, 0.15) is 12.4 Å². The van der Waals surface area contributed by atoms with E-state index in [2.05, 4.69) is 59.6 Å². The molecule has 0 saturated carbocycles. The molecule has 6 nitrogen and oxygen atoms in total. The highest BCUT2D eigenvalue weighted by Gasteiger charge is 2.25. The molecule has 1 fully saturated rings. The highest BCUT2D eigenvalue weighted by Crippen LogP contribution is 2.30. The van der Waals surface area contributed by atoms with E-state index in [-0.39, 0.29) is 25.7 Å². The molecule has 1 aliphatic heterocycles. The summed E-state index contributed by atoms with van der Waals surface area (Å²) >= 11 is 0. The Morgan fingerprint density at radius 2 is 2.00 bits per heavy atom. The van der Waals surface area contributed by atoms with Crippen LogP contribution in [0.4, 0.5) is 5.69 Å². The number of benzene rings is 3. The third kappa shape index (κ3) is 5.03. The number of carbonyl (C=O) groups is 1. The number of aliphatic hydroxyl groups is 1. The van der Waals surface area contributed by atoms with E-state index in [9.17, 15) is 4.79 Å². The smallest absolute Gasteiger partial charge is 0.307 e. The molecule has 32 heavy (non-hydrogen) atoms. The molecule has 3 N–H and O–H groups in total. The maximum absolute atomic E-state index is 11.2. The zero-order valence-electron chi connectivity index (χ0n) is 18.3. The molecular weight excluding hydrogens is 404 g/mol. The number of aliphatic hydroxyl groups excluding tert-OH is 1. The fourth-order valence-corrected chi connectivity index (χ4v) is 4.54. The molecule has 0 amide bonds. The van der Waals surface area contributed by atoms with Crippen LogP contribution in [0.25, 0.3) is 10.8 Å². The number of nitrogens with one attached hydrogen (secondary N) is 1. The van der Waals surface area contributed by atoms with Crippen molar-refractivity contribution in [2.75, 3.05) is 31.2 Å². The lowest BCUT2D eigenvalue weighted by atomic mass is 9.99. The van der Waals surface area contributed by atoms with Crippen LogP contribution in [-0.2, 0) is 11.2 Å². The Morgan fingerprint density at radius 3 is 2.81 bits per heavy atom. The lowest BCUT2D eigenvalue weighted by molar-refractivity contribution is -0.136. The fourth-order valence-electron chi connectivity index (χ4n) is 4.54. The lowest BCUT2D eigenvalue weighted by Gasteiger charge is -2.23. The van der Waals surface area contributed by atoms with E-state index in [1.807, 2.05) is 18.2 Å². The molecule has 0 spiro atoms. The molecule has 0 bridgehead atoms. The molecule has 0 aliphatic carbocycles. The summed E-state index contributed by atoms with van der Waals surface area (Å²) in [7, 11) is 0. The molecule has 6 heteroatoms. The number of aliphatic carboxylic acids is 1. The first-order valence-electron chi connectivity index (χ1n) is 11.1.